The molecule has 13 heteroatoms. The van der Waals surface area contributed by atoms with Crippen LogP contribution in [0.25, 0.3) is 0 Å². The number of amides is 4. The van der Waals surface area contributed by atoms with E-state index < -0.39 is 60.2 Å². The molecule has 1 fully saturated rings. The predicted octanol–water partition coefficient (Wildman–Crippen LogP) is 3.45. The van der Waals surface area contributed by atoms with Gasteiger partial charge in [-0.25, -0.2) is 4.79 Å². The van der Waals surface area contributed by atoms with Crippen LogP contribution in [0.4, 0.5) is 0 Å². The number of carbonyl (C=O) groups is 5. The Labute approximate surface area is 317 Å². The zero-order chi connectivity index (χ0) is 40.2. The largest absolute Gasteiger partial charge is 0.480 e. The Morgan fingerprint density at radius 1 is 0.906 bits per heavy atom. The molecule has 9 atom stereocenters. The van der Waals surface area contributed by atoms with E-state index in [9.17, 15) is 29.1 Å². The molecule has 2 rings (SSSR count). The molecule has 1 aromatic carbocycles. The van der Waals surface area contributed by atoms with Crippen LogP contribution in [0, 0.1) is 23.7 Å². The molecule has 4 amide bonds. The van der Waals surface area contributed by atoms with E-state index in [-0.39, 0.29) is 48.3 Å². The van der Waals surface area contributed by atoms with Crippen LogP contribution in [0.3, 0.4) is 0 Å². The topological polar surface area (TPSA) is 158 Å². The average molecular weight is 746 g/mol. The van der Waals surface area contributed by atoms with E-state index in [1.165, 1.54) is 14.2 Å². The average Bonchev–Trinajstić information content (AvgIpc) is 3.59. The van der Waals surface area contributed by atoms with Crippen LogP contribution in [0.15, 0.2) is 30.3 Å². The zero-order valence-corrected chi connectivity index (χ0v) is 34.1. The summed E-state index contributed by atoms with van der Waals surface area (Å²) in [6.07, 6.45) is 0.820. The lowest BCUT2D eigenvalue weighted by molar-refractivity contribution is -0.148. The molecule has 3 N–H and O–H groups in total. The summed E-state index contributed by atoms with van der Waals surface area (Å²) >= 11 is 0. The van der Waals surface area contributed by atoms with Gasteiger partial charge in [0.15, 0.2) is 0 Å². The molecular formula is C40H67N5O8. The Balaban J connectivity index is 2.27. The van der Waals surface area contributed by atoms with Crippen molar-refractivity contribution in [2.24, 2.45) is 23.7 Å². The minimum atomic E-state index is -1.14. The smallest absolute Gasteiger partial charge is 0.326 e. The number of nitrogens with one attached hydrogen (secondary N) is 2. The number of hydrogen-bond acceptors (Lipinski definition) is 8. The number of carboxylic acids is 1. The summed E-state index contributed by atoms with van der Waals surface area (Å²) < 4.78 is 11.9. The Kier molecular flexibility index (Phi) is 18.4. The highest BCUT2D eigenvalue weighted by Gasteiger charge is 2.43. The monoisotopic (exact) mass is 745 g/mol. The molecule has 1 saturated heterocycles. The van der Waals surface area contributed by atoms with Crippen molar-refractivity contribution in [3.63, 3.8) is 0 Å². The third-order valence-corrected chi connectivity index (χ3v) is 10.8. The Hall–Kier alpha value is -3.55. The van der Waals surface area contributed by atoms with Gasteiger partial charge in [0.1, 0.15) is 12.1 Å². The Morgan fingerprint density at radius 3 is 2.02 bits per heavy atom. The van der Waals surface area contributed by atoms with Crippen molar-refractivity contribution in [2.45, 2.75) is 123 Å². The fourth-order valence-electron chi connectivity index (χ4n) is 7.76. The maximum Gasteiger partial charge on any atom is 0.326 e. The number of methoxy groups -OCH3 is 2. The van der Waals surface area contributed by atoms with Crippen LogP contribution in [0.5, 0.6) is 0 Å². The van der Waals surface area contributed by atoms with Crippen molar-refractivity contribution >= 4 is 29.6 Å². The fraction of sp³-hybridized carbons (Fsp3) is 0.725. The van der Waals surface area contributed by atoms with Crippen LogP contribution in [-0.2, 0) is 39.9 Å². The van der Waals surface area contributed by atoms with E-state index in [0.29, 0.717) is 19.4 Å². The molecule has 13 nitrogen and oxygen atoms in total. The summed E-state index contributed by atoms with van der Waals surface area (Å²) in [7, 11) is 8.44. The van der Waals surface area contributed by atoms with Gasteiger partial charge < -0.3 is 35.0 Å². The van der Waals surface area contributed by atoms with Crippen LogP contribution in [-0.4, -0.2) is 134 Å². The summed E-state index contributed by atoms with van der Waals surface area (Å²) in [5.74, 6) is -3.21. The number of likely N-dealkylation sites (tertiary alicyclic amines) is 1. The number of carboxylic acid groups (broad SMARTS) is 1. The molecule has 53 heavy (non-hydrogen) atoms. The standard InChI is InChI=1S/C40H67N5O8/c1-13-26(6)35(44(10)39(49)33(24(2)3)42-38(48)34(25(4)5)43(8)9)31(52-11)23-32(46)45-21-17-20-30(45)36(53-12)27(7)37(47)41-29(40(50)51)22-28-18-15-14-16-19-28/h14-16,18-19,24-27,29-31,33-36H,13,17,20-23H2,1-12H3,(H,41,47)(H,42,48)(H,50,51)/t26-,27-,29+,30+,31+,33+,34+,35-,36-/m0/s1. The molecule has 0 aliphatic carbocycles. The first-order valence-corrected chi connectivity index (χ1v) is 19.1. The van der Waals surface area contributed by atoms with Crippen molar-refractivity contribution in [3.8, 4) is 0 Å². The molecule has 300 valence electrons. The lowest BCUT2D eigenvalue weighted by Crippen LogP contribution is -2.59. The maximum atomic E-state index is 14.2. The lowest BCUT2D eigenvalue weighted by atomic mass is 9.89. The molecule has 0 saturated carbocycles. The van der Waals surface area contributed by atoms with Crippen LogP contribution < -0.4 is 10.6 Å². The van der Waals surface area contributed by atoms with Gasteiger partial charge in [-0.15, -0.1) is 0 Å². The van der Waals surface area contributed by atoms with Gasteiger partial charge in [0, 0.05) is 34.2 Å². The third-order valence-electron chi connectivity index (χ3n) is 10.8. The van der Waals surface area contributed by atoms with Crippen molar-refractivity contribution < 1.29 is 38.6 Å². The number of carbonyl (C=O) groups excluding carboxylic acids is 4. The zero-order valence-electron chi connectivity index (χ0n) is 34.1. The van der Waals surface area contributed by atoms with Gasteiger partial charge in [-0.2, -0.15) is 0 Å². The second-order valence-electron chi connectivity index (χ2n) is 15.6. The summed E-state index contributed by atoms with van der Waals surface area (Å²) in [6.45, 7) is 13.9. The second-order valence-corrected chi connectivity index (χ2v) is 15.6. The third kappa shape index (κ3) is 12.2. The molecule has 1 aromatic rings. The van der Waals surface area contributed by atoms with Gasteiger partial charge in [0.05, 0.1) is 42.7 Å². The fourth-order valence-corrected chi connectivity index (χ4v) is 7.76. The van der Waals surface area contributed by atoms with Crippen molar-refractivity contribution in [3.05, 3.63) is 35.9 Å². The highest BCUT2D eigenvalue weighted by molar-refractivity contribution is 5.90. The van der Waals surface area contributed by atoms with E-state index in [1.54, 1.807) is 23.8 Å². The van der Waals surface area contributed by atoms with Crippen molar-refractivity contribution in [1.29, 1.82) is 0 Å². The number of rotatable bonds is 21. The van der Waals surface area contributed by atoms with E-state index in [4.69, 9.17) is 9.47 Å². The molecule has 0 radical (unpaired) electrons. The number of nitrogens with zero attached hydrogens (tertiary/aromatic N) is 3. The highest BCUT2D eigenvalue weighted by atomic mass is 16.5. The summed E-state index contributed by atoms with van der Waals surface area (Å²) in [5, 5.41) is 15.6. The van der Waals surface area contributed by atoms with Crippen LogP contribution >= 0.6 is 0 Å². The van der Waals surface area contributed by atoms with E-state index in [0.717, 1.165) is 12.0 Å². The lowest BCUT2D eigenvalue weighted by Gasteiger charge is -2.41. The van der Waals surface area contributed by atoms with Gasteiger partial charge >= 0.3 is 5.97 Å². The van der Waals surface area contributed by atoms with E-state index >= 15 is 0 Å². The van der Waals surface area contributed by atoms with Gasteiger partial charge in [-0.05, 0) is 50.3 Å². The Bertz CT molecular complexity index is 1330. The van der Waals surface area contributed by atoms with Crippen LogP contribution in [0.1, 0.15) is 79.7 Å². The first-order chi connectivity index (χ1) is 24.9. The molecule has 1 aliphatic rings. The number of hydrogen-bond donors (Lipinski definition) is 3. The van der Waals surface area contributed by atoms with Gasteiger partial charge in [0.2, 0.25) is 23.6 Å². The quantitative estimate of drug-likeness (QED) is 0.172. The second kappa shape index (κ2) is 21.4. The molecule has 0 aromatic heterocycles. The first-order valence-electron chi connectivity index (χ1n) is 19.1. The molecular weight excluding hydrogens is 678 g/mol. The number of likely N-dealkylation sites (N-methyl/N-ethyl adjacent to an activating group) is 2. The number of aliphatic carboxylic acids is 1. The van der Waals surface area contributed by atoms with Gasteiger partial charge in [-0.1, -0.05) is 85.2 Å². The maximum absolute atomic E-state index is 14.2. The first kappa shape index (κ1) is 45.6. The van der Waals surface area contributed by atoms with Crippen molar-refractivity contribution in [2.75, 3.05) is 41.9 Å². The molecule has 0 spiro atoms. The van der Waals surface area contributed by atoms with Crippen molar-refractivity contribution in [1.82, 2.24) is 25.3 Å². The summed E-state index contributed by atoms with van der Waals surface area (Å²) in [5.41, 5.74) is 0.785. The SMILES string of the molecule is CC[C@H](C)[C@@H]([C@@H](CC(=O)N1CCC[C@@H]1[C@@H](OC)[C@H](C)C(=O)N[C@H](Cc1ccccc1)C(=O)O)OC)N(C)C(=O)[C@H](NC(=O)[C@@H](C(C)C)N(C)C)C(C)C. The predicted molar refractivity (Wildman–Crippen MR) is 205 cm³/mol. The molecule has 0 unspecified atom stereocenters. The minimum Gasteiger partial charge on any atom is -0.480 e. The summed E-state index contributed by atoms with van der Waals surface area (Å²) in [4.78, 5) is 72.5. The van der Waals surface area contributed by atoms with Crippen LogP contribution in [0.2, 0.25) is 0 Å². The minimum absolute atomic E-state index is 0.0104. The summed E-state index contributed by atoms with van der Waals surface area (Å²) in [6, 6.07) is 5.89. The number of benzene rings is 1. The normalized spacial score (nSPS) is 19.2. The highest BCUT2D eigenvalue weighted by Crippen LogP contribution is 2.30. The molecule has 1 heterocycles. The van der Waals surface area contributed by atoms with Gasteiger partial charge in [-0.3, -0.25) is 24.1 Å². The van der Waals surface area contributed by atoms with E-state index in [2.05, 4.69) is 10.6 Å². The Morgan fingerprint density at radius 2 is 1.53 bits per heavy atom. The molecule has 1 aliphatic heterocycles. The van der Waals surface area contributed by atoms with E-state index in [1.807, 2.05) is 90.9 Å². The number of ether oxygens (including phenoxy) is 2. The molecule has 0 bridgehead atoms. The van der Waals surface area contributed by atoms with Gasteiger partial charge in [0.25, 0.3) is 0 Å².